The summed E-state index contributed by atoms with van der Waals surface area (Å²) in [6.45, 7) is 3.91. The van der Waals surface area contributed by atoms with E-state index in [4.69, 9.17) is 0 Å². The van der Waals surface area contributed by atoms with E-state index in [1.807, 2.05) is 0 Å². The second kappa shape index (κ2) is 11.8. The Hall–Kier alpha value is -0.0461. The van der Waals surface area contributed by atoms with Crippen LogP contribution in [0, 0.1) is 18.8 Å². The molecular formula is C24H35O2Y-. The van der Waals surface area contributed by atoms with Crippen molar-refractivity contribution in [2.75, 3.05) is 0 Å². The Bertz CT molecular complexity index is 562. The monoisotopic (exact) mass is 444 g/mol. The average molecular weight is 444 g/mol. The molecule has 2 saturated carbocycles. The van der Waals surface area contributed by atoms with E-state index in [9.17, 15) is 9.90 Å². The molecule has 0 heterocycles. The second-order valence-corrected chi connectivity index (χ2v) is 8.46. The fraction of sp³-hybridized carbons (Fsp3) is 0.667. The molecule has 2 fully saturated rings. The van der Waals surface area contributed by atoms with Crippen molar-refractivity contribution in [3.05, 3.63) is 42.3 Å². The first-order valence-corrected chi connectivity index (χ1v) is 10.8. The maximum absolute atomic E-state index is 12.5. The van der Waals surface area contributed by atoms with Crippen molar-refractivity contribution >= 4 is 5.78 Å². The van der Waals surface area contributed by atoms with E-state index < -0.39 is 0 Å². The summed E-state index contributed by atoms with van der Waals surface area (Å²) in [7, 11) is 0. The second-order valence-electron chi connectivity index (χ2n) is 8.46. The van der Waals surface area contributed by atoms with Gasteiger partial charge in [0.05, 0.1) is 6.10 Å². The summed E-state index contributed by atoms with van der Waals surface area (Å²) >= 11 is 0. The third-order valence-corrected chi connectivity index (χ3v) is 6.64. The zero-order valence-electron chi connectivity index (χ0n) is 16.7. The van der Waals surface area contributed by atoms with Gasteiger partial charge in [-0.15, -0.1) is 0 Å². The summed E-state index contributed by atoms with van der Waals surface area (Å²) in [4.78, 5) is 12.5. The Kier molecular flexibility index (Phi) is 10.2. The average Bonchev–Trinajstić information content (AvgIpc) is 3.06. The van der Waals surface area contributed by atoms with Gasteiger partial charge in [0.15, 0.2) is 0 Å². The van der Waals surface area contributed by atoms with Crippen LogP contribution in [0.2, 0.25) is 0 Å². The van der Waals surface area contributed by atoms with E-state index in [2.05, 4.69) is 31.2 Å². The molecule has 3 atom stereocenters. The maximum Gasteiger partial charge on any atom is 0.140 e. The predicted molar refractivity (Wildman–Crippen MR) is 107 cm³/mol. The molecule has 0 amide bonds. The Morgan fingerprint density at radius 2 is 1.70 bits per heavy atom. The van der Waals surface area contributed by atoms with Crippen molar-refractivity contribution in [1.82, 2.24) is 0 Å². The number of Topliss-reactive ketones (excluding diaryl/α,β-unsaturated/α-hetero) is 1. The number of benzene rings is 1. The Balaban J connectivity index is 0.00000261. The van der Waals surface area contributed by atoms with E-state index in [-0.39, 0.29) is 44.7 Å². The minimum Gasteiger partial charge on any atom is -0.388 e. The van der Waals surface area contributed by atoms with Crippen molar-refractivity contribution < 1.29 is 42.6 Å². The fourth-order valence-corrected chi connectivity index (χ4v) is 5.06. The molecule has 147 valence electrons. The Morgan fingerprint density at radius 1 is 1.00 bits per heavy atom. The molecule has 3 heteroatoms. The van der Waals surface area contributed by atoms with Crippen LogP contribution in [0.5, 0.6) is 0 Å². The molecule has 0 spiro atoms. The number of hydrogen-bond donors (Lipinski definition) is 1. The summed E-state index contributed by atoms with van der Waals surface area (Å²) in [6.07, 6.45) is 13.3. The van der Waals surface area contributed by atoms with Gasteiger partial charge in [-0.2, -0.15) is 6.42 Å². The number of ketones is 1. The Labute approximate surface area is 190 Å². The van der Waals surface area contributed by atoms with E-state index in [0.29, 0.717) is 17.6 Å². The quantitative estimate of drug-likeness (QED) is 0.386. The van der Waals surface area contributed by atoms with Crippen LogP contribution in [0.25, 0.3) is 0 Å². The van der Waals surface area contributed by atoms with Crippen molar-refractivity contribution in [3.8, 4) is 0 Å². The van der Waals surface area contributed by atoms with Crippen LogP contribution in [-0.2, 0) is 37.5 Å². The maximum atomic E-state index is 12.5. The molecule has 3 rings (SSSR count). The van der Waals surface area contributed by atoms with E-state index >= 15 is 0 Å². The van der Waals surface area contributed by atoms with Crippen LogP contribution in [-0.4, -0.2) is 10.9 Å². The molecular weight excluding hydrogens is 409 g/mol. The van der Waals surface area contributed by atoms with Gasteiger partial charge in [0.25, 0.3) is 0 Å². The molecule has 1 aromatic carbocycles. The summed E-state index contributed by atoms with van der Waals surface area (Å²) in [5.41, 5.74) is 2.19. The normalized spacial score (nSPS) is 24.6. The molecule has 0 aromatic heterocycles. The fourth-order valence-electron chi connectivity index (χ4n) is 5.06. The smallest absolute Gasteiger partial charge is 0.140 e. The SMILES string of the molecule is [CH2-]CCCCCC1CCC(=O)C1c1ccc(C(O)C2CCCCC2)cc1.[Y]. The molecule has 3 unspecified atom stereocenters. The standard InChI is InChI=1S/C24H35O2.Y/c1-2-3-4-6-9-18-16-17-22(25)23(18)19-12-14-21(15-13-19)24(26)20-10-7-5-8-11-20;/h12-15,18,20,23-24,26H,1-11,16-17H2;/q-1;. The zero-order valence-corrected chi connectivity index (χ0v) is 19.6. The molecule has 27 heavy (non-hydrogen) atoms. The van der Waals surface area contributed by atoms with Crippen LogP contribution < -0.4 is 0 Å². The number of rotatable bonds is 8. The van der Waals surface area contributed by atoms with Gasteiger partial charge < -0.3 is 12.0 Å². The van der Waals surface area contributed by atoms with Gasteiger partial charge in [0, 0.05) is 45.0 Å². The zero-order chi connectivity index (χ0) is 18.4. The van der Waals surface area contributed by atoms with Crippen LogP contribution in [0.4, 0.5) is 0 Å². The molecule has 0 aliphatic heterocycles. The van der Waals surface area contributed by atoms with Crippen molar-refractivity contribution in [3.63, 3.8) is 0 Å². The molecule has 2 aliphatic carbocycles. The number of aliphatic hydroxyl groups excluding tert-OH is 1. The summed E-state index contributed by atoms with van der Waals surface area (Å²) in [6, 6.07) is 8.36. The van der Waals surface area contributed by atoms with Gasteiger partial charge in [-0.25, -0.2) is 0 Å². The van der Waals surface area contributed by atoms with Gasteiger partial charge in [0.1, 0.15) is 5.78 Å². The molecule has 1 N–H and O–H groups in total. The van der Waals surface area contributed by atoms with Crippen LogP contribution in [0.1, 0.15) is 100 Å². The molecule has 0 bridgehead atoms. The van der Waals surface area contributed by atoms with Gasteiger partial charge in [-0.3, -0.25) is 4.79 Å². The number of carbonyl (C=O) groups is 1. The third kappa shape index (κ3) is 6.21. The van der Waals surface area contributed by atoms with Gasteiger partial charge >= 0.3 is 0 Å². The molecule has 1 radical (unpaired) electrons. The minimum atomic E-state index is -0.345. The van der Waals surface area contributed by atoms with Crippen molar-refractivity contribution in [2.24, 2.45) is 11.8 Å². The number of unbranched alkanes of at least 4 members (excludes halogenated alkanes) is 3. The van der Waals surface area contributed by atoms with Gasteiger partial charge in [0.2, 0.25) is 0 Å². The molecule has 2 nitrogen and oxygen atoms in total. The predicted octanol–water partition coefficient (Wildman–Crippen LogP) is 6.15. The first-order valence-electron chi connectivity index (χ1n) is 10.8. The minimum absolute atomic E-state index is 0. The van der Waals surface area contributed by atoms with Gasteiger partial charge in [-0.1, -0.05) is 62.8 Å². The molecule has 1 aromatic rings. The Morgan fingerprint density at radius 3 is 2.37 bits per heavy atom. The first kappa shape index (κ1) is 23.2. The third-order valence-electron chi connectivity index (χ3n) is 6.64. The molecule has 0 saturated heterocycles. The number of hydrogen-bond acceptors (Lipinski definition) is 2. The van der Waals surface area contributed by atoms with Gasteiger partial charge in [-0.05, 0) is 48.6 Å². The first-order chi connectivity index (χ1) is 12.7. The van der Waals surface area contributed by atoms with E-state index in [0.717, 1.165) is 49.7 Å². The topological polar surface area (TPSA) is 37.3 Å². The van der Waals surface area contributed by atoms with E-state index in [1.165, 1.54) is 38.5 Å². The van der Waals surface area contributed by atoms with Crippen LogP contribution >= 0.6 is 0 Å². The van der Waals surface area contributed by atoms with Crippen molar-refractivity contribution in [2.45, 2.75) is 89.1 Å². The number of carbonyl (C=O) groups excluding carboxylic acids is 1. The number of aliphatic hydroxyl groups is 1. The summed E-state index contributed by atoms with van der Waals surface area (Å²) < 4.78 is 0. The van der Waals surface area contributed by atoms with Crippen LogP contribution in [0.3, 0.4) is 0 Å². The molecule has 2 aliphatic rings. The van der Waals surface area contributed by atoms with Crippen molar-refractivity contribution in [1.29, 1.82) is 0 Å². The summed E-state index contributed by atoms with van der Waals surface area (Å²) in [5.74, 6) is 1.40. The summed E-state index contributed by atoms with van der Waals surface area (Å²) in [5, 5.41) is 10.7. The van der Waals surface area contributed by atoms with E-state index in [1.54, 1.807) is 0 Å². The van der Waals surface area contributed by atoms with Crippen LogP contribution in [0.15, 0.2) is 24.3 Å². The largest absolute Gasteiger partial charge is 0.388 e.